The van der Waals surface area contributed by atoms with Gasteiger partial charge in [-0.3, -0.25) is 0 Å². The maximum Gasteiger partial charge on any atom is 0.180 e. The molecule has 0 saturated heterocycles. The van der Waals surface area contributed by atoms with Crippen LogP contribution >= 0.6 is 39.3 Å². The number of benzene rings is 2. The summed E-state index contributed by atoms with van der Waals surface area (Å²) in [6, 6.07) is 11.6. The Kier molecular flexibility index (Phi) is 7.61. The second-order valence-electron chi connectivity index (χ2n) is 4.83. The minimum Gasteiger partial charge on any atom is -0.503 e. The second kappa shape index (κ2) is 9.70. The number of ether oxygens (including phenoxy) is 1. The van der Waals surface area contributed by atoms with E-state index in [0.717, 1.165) is 11.3 Å². The number of hydrogen-bond donors (Lipinski definition) is 2. The standard InChI is InChI=1S/C17H17BrClN3O2S/c1-2-24-13-8-12(14(18)15(19)16(13)23)9-21-22-17(20)25-10-11-6-4-3-5-7-11/h3-9,23H,2,10H2,1H3,(H2,20,22). The molecule has 2 aromatic carbocycles. The van der Waals surface area contributed by atoms with Gasteiger partial charge in [-0.25, -0.2) is 0 Å². The lowest BCUT2D eigenvalue weighted by atomic mass is 10.2. The van der Waals surface area contributed by atoms with Gasteiger partial charge < -0.3 is 15.6 Å². The van der Waals surface area contributed by atoms with E-state index in [1.165, 1.54) is 18.0 Å². The number of halogens is 2. The normalized spacial score (nSPS) is 11.9. The van der Waals surface area contributed by atoms with E-state index in [1.54, 1.807) is 6.07 Å². The lowest BCUT2D eigenvalue weighted by Gasteiger charge is -2.10. The summed E-state index contributed by atoms with van der Waals surface area (Å²) in [4.78, 5) is 0. The average molecular weight is 443 g/mol. The molecule has 3 N–H and O–H groups in total. The van der Waals surface area contributed by atoms with Gasteiger partial charge in [-0.2, -0.15) is 5.10 Å². The summed E-state index contributed by atoms with van der Waals surface area (Å²) in [7, 11) is 0. The minimum absolute atomic E-state index is 0.117. The summed E-state index contributed by atoms with van der Waals surface area (Å²) in [5, 5.41) is 18.4. The molecule has 25 heavy (non-hydrogen) atoms. The molecule has 0 aliphatic carbocycles. The van der Waals surface area contributed by atoms with Gasteiger partial charge in [-0.05, 0) is 34.5 Å². The molecule has 0 radical (unpaired) electrons. The molecule has 0 aliphatic rings. The third-order valence-corrected chi connectivity index (χ3v) is 5.36. The van der Waals surface area contributed by atoms with Crippen LogP contribution in [-0.2, 0) is 5.75 Å². The van der Waals surface area contributed by atoms with E-state index >= 15 is 0 Å². The number of thioether (sulfide) groups is 1. The van der Waals surface area contributed by atoms with Crippen LogP contribution in [0.5, 0.6) is 11.5 Å². The number of aromatic hydroxyl groups is 1. The molecule has 5 nitrogen and oxygen atoms in total. The Morgan fingerprint density at radius 2 is 2.12 bits per heavy atom. The van der Waals surface area contributed by atoms with E-state index in [4.69, 9.17) is 22.1 Å². The van der Waals surface area contributed by atoms with Crippen molar-refractivity contribution >= 4 is 50.7 Å². The van der Waals surface area contributed by atoms with Crippen LogP contribution < -0.4 is 10.5 Å². The SMILES string of the molecule is CCOc1cc(C=NN=C(N)SCc2ccccc2)c(Br)c(Cl)c1O. The van der Waals surface area contributed by atoms with E-state index in [-0.39, 0.29) is 16.5 Å². The minimum atomic E-state index is -0.117. The molecule has 0 bridgehead atoms. The summed E-state index contributed by atoms with van der Waals surface area (Å²) in [5.41, 5.74) is 7.63. The van der Waals surface area contributed by atoms with Crippen molar-refractivity contribution in [1.29, 1.82) is 0 Å². The van der Waals surface area contributed by atoms with Crippen molar-refractivity contribution in [2.24, 2.45) is 15.9 Å². The van der Waals surface area contributed by atoms with Gasteiger partial charge in [0.15, 0.2) is 16.7 Å². The molecule has 8 heteroatoms. The summed E-state index contributed by atoms with van der Waals surface area (Å²) in [5.74, 6) is 0.885. The van der Waals surface area contributed by atoms with E-state index in [0.29, 0.717) is 21.8 Å². The number of hydrogen-bond acceptors (Lipinski definition) is 5. The molecular weight excluding hydrogens is 426 g/mol. The van der Waals surface area contributed by atoms with Crippen molar-refractivity contribution in [3.8, 4) is 11.5 Å². The molecule has 132 valence electrons. The maximum absolute atomic E-state index is 9.94. The second-order valence-corrected chi connectivity index (χ2v) is 7.00. The maximum atomic E-state index is 9.94. The van der Waals surface area contributed by atoms with Gasteiger partial charge in [0.05, 0.1) is 12.8 Å². The highest BCUT2D eigenvalue weighted by Gasteiger charge is 2.14. The van der Waals surface area contributed by atoms with Crippen LogP contribution in [0, 0.1) is 0 Å². The molecule has 0 unspecified atom stereocenters. The number of phenolic OH excluding ortho intramolecular Hbond substituents is 1. The number of rotatable bonds is 6. The number of amidine groups is 1. The summed E-state index contributed by atoms with van der Waals surface area (Å²) < 4.78 is 5.85. The number of phenols is 1. The van der Waals surface area contributed by atoms with Gasteiger partial charge in [-0.1, -0.05) is 53.7 Å². The molecule has 0 spiro atoms. The molecule has 0 aromatic heterocycles. The van der Waals surface area contributed by atoms with Crippen LogP contribution in [0.2, 0.25) is 5.02 Å². The van der Waals surface area contributed by atoms with Crippen molar-refractivity contribution in [2.45, 2.75) is 12.7 Å². The van der Waals surface area contributed by atoms with Gasteiger partial charge in [0.25, 0.3) is 0 Å². The fourth-order valence-corrected chi connectivity index (χ4v) is 3.10. The molecule has 0 atom stereocenters. The molecule has 0 amide bonds. The Labute approximate surface area is 164 Å². The Bertz CT molecular complexity index is 785. The molecule has 0 aliphatic heterocycles. The lowest BCUT2D eigenvalue weighted by molar-refractivity contribution is 0.318. The quantitative estimate of drug-likeness (QED) is 0.383. The van der Waals surface area contributed by atoms with Crippen LogP contribution in [0.4, 0.5) is 0 Å². The highest BCUT2D eigenvalue weighted by atomic mass is 79.9. The summed E-state index contributed by atoms with van der Waals surface area (Å²) in [6.07, 6.45) is 1.49. The first-order valence-electron chi connectivity index (χ1n) is 7.40. The van der Waals surface area contributed by atoms with E-state index in [2.05, 4.69) is 26.1 Å². The van der Waals surface area contributed by atoms with Gasteiger partial charge >= 0.3 is 0 Å². The van der Waals surface area contributed by atoms with Gasteiger partial charge in [-0.15, -0.1) is 5.10 Å². The third-order valence-electron chi connectivity index (χ3n) is 3.06. The molecule has 0 saturated carbocycles. The molecular formula is C17H17BrClN3O2S. The van der Waals surface area contributed by atoms with E-state index < -0.39 is 0 Å². The van der Waals surface area contributed by atoms with Crippen LogP contribution in [0.1, 0.15) is 18.1 Å². The first-order valence-corrected chi connectivity index (χ1v) is 9.55. The van der Waals surface area contributed by atoms with Crippen LogP contribution in [0.25, 0.3) is 0 Å². The first-order chi connectivity index (χ1) is 12.0. The van der Waals surface area contributed by atoms with Crippen molar-refractivity contribution in [1.82, 2.24) is 0 Å². The average Bonchev–Trinajstić information content (AvgIpc) is 2.63. The molecule has 0 fully saturated rings. The summed E-state index contributed by atoms with van der Waals surface area (Å²) >= 11 is 10.8. The number of nitrogens with zero attached hydrogens (tertiary/aromatic N) is 2. The highest BCUT2D eigenvalue weighted by Crippen LogP contribution is 2.41. The molecule has 2 rings (SSSR count). The zero-order chi connectivity index (χ0) is 18.2. The zero-order valence-electron chi connectivity index (χ0n) is 13.4. The topological polar surface area (TPSA) is 80.2 Å². The van der Waals surface area contributed by atoms with E-state index in [1.807, 2.05) is 37.3 Å². The Morgan fingerprint density at radius 1 is 1.40 bits per heavy atom. The Balaban J connectivity index is 2.07. The first kappa shape index (κ1) is 19.6. The molecule has 0 heterocycles. The van der Waals surface area contributed by atoms with Crippen molar-refractivity contribution in [3.63, 3.8) is 0 Å². The fraction of sp³-hybridized carbons (Fsp3) is 0.176. The largest absolute Gasteiger partial charge is 0.503 e. The van der Waals surface area contributed by atoms with Crippen LogP contribution in [0.15, 0.2) is 51.1 Å². The zero-order valence-corrected chi connectivity index (χ0v) is 16.6. The fourth-order valence-electron chi connectivity index (χ4n) is 1.88. The van der Waals surface area contributed by atoms with Gasteiger partial charge in [0.1, 0.15) is 5.02 Å². The third kappa shape index (κ3) is 5.66. The van der Waals surface area contributed by atoms with Crippen LogP contribution in [0.3, 0.4) is 0 Å². The molecule has 2 aromatic rings. The lowest BCUT2D eigenvalue weighted by Crippen LogP contribution is -2.06. The van der Waals surface area contributed by atoms with Crippen molar-refractivity contribution in [3.05, 3.63) is 57.0 Å². The van der Waals surface area contributed by atoms with E-state index in [9.17, 15) is 5.11 Å². The van der Waals surface area contributed by atoms with Gasteiger partial charge in [0.2, 0.25) is 0 Å². The van der Waals surface area contributed by atoms with Crippen molar-refractivity contribution < 1.29 is 9.84 Å². The Hall–Kier alpha value is -1.70. The van der Waals surface area contributed by atoms with Gasteiger partial charge in [0, 0.05) is 15.8 Å². The van der Waals surface area contributed by atoms with Crippen molar-refractivity contribution in [2.75, 3.05) is 6.61 Å². The predicted molar refractivity (Wildman–Crippen MR) is 109 cm³/mol. The number of nitrogens with two attached hydrogens (primary N) is 1. The Morgan fingerprint density at radius 3 is 2.80 bits per heavy atom. The summed E-state index contributed by atoms with van der Waals surface area (Å²) in [6.45, 7) is 2.22. The van der Waals surface area contributed by atoms with Crippen LogP contribution in [-0.4, -0.2) is 23.1 Å². The predicted octanol–water partition coefficient (Wildman–Crippen LogP) is 4.79. The monoisotopic (exact) mass is 441 g/mol. The highest BCUT2D eigenvalue weighted by molar-refractivity contribution is 9.10. The smallest absolute Gasteiger partial charge is 0.180 e.